The molecular weight excluding hydrogens is 412 g/mol. The molecule has 162 valence electrons. The van der Waals surface area contributed by atoms with E-state index < -0.39 is 36.0 Å². The van der Waals surface area contributed by atoms with Gasteiger partial charge in [0.05, 0.1) is 0 Å². The maximum absolute atomic E-state index is 12.5. The molecule has 11 nitrogen and oxygen atoms in total. The van der Waals surface area contributed by atoms with Gasteiger partial charge in [0.1, 0.15) is 28.7 Å². The Bertz CT molecular complexity index is 1020. The van der Waals surface area contributed by atoms with Crippen molar-refractivity contribution >= 4 is 29.9 Å². The van der Waals surface area contributed by atoms with Gasteiger partial charge in [0.25, 0.3) is 0 Å². The van der Waals surface area contributed by atoms with Crippen molar-refractivity contribution in [1.29, 1.82) is 0 Å². The summed E-state index contributed by atoms with van der Waals surface area (Å²) in [5.41, 5.74) is 4.85. The first kappa shape index (κ1) is 23.0. The monoisotopic (exact) mass is 430 g/mol. The molecule has 1 unspecified atom stereocenters. The average Bonchev–Trinajstić information content (AvgIpc) is 2.72. The second kappa shape index (κ2) is 10.5. The number of hydrogen-bond donors (Lipinski definition) is 4. The van der Waals surface area contributed by atoms with E-state index in [0.717, 1.165) is 0 Å². The lowest BCUT2D eigenvalue weighted by Crippen LogP contribution is -2.36. The molecule has 0 spiro atoms. The smallest absolute Gasteiger partial charge is 0.419 e. The number of imide groups is 1. The predicted octanol–water partition coefficient (Wildman–Crippen LogP) is 1.41. The number of nitrogens with one attached hydrogen (secondary N) is 1. The average molecular weight is 430 g/mol. The molecule has 2 amide bonds. The Balaban J connectivity index is 2.06. The lowest BCUT2D eigenvalue weighted by Gasteiger charge is -2.11. The van der Waals surface area contributed by atoms with E-state index in [-0.39, 0.29) is 35.5 Å². The molecule has 2 aromatic rings. The molecule has 0 saturated heterocycles. The summed E-state index contributed by atoms with van der Waals surface area (Å²) in [6.07, 6.45) is -1.74. The predicted molar refractivity (Wildman–Crippen MR) is 104 cm³/mol. The molecule has 0 aliphatic carbocycles. The van der Waals surface area contributed by atoms with Gasteiger partial charge in [0.2, 0.25) is 5.91 Å². The Labute approximate surface area is 175 Å². The molecule has 2 rings (SSSR count). The standard InChI is InChI=1S/C20H18N2O9/c21-13(18(26)27)9-10-16(23)22-20(29)31-15-8-4-2-6-12(15)19(28)30-14-7-3-1-5-11(14)17(24)25/h1-8,13H,9-10,21H2,(H,24,25)(H,26,27)(H,22,23,29). The topological polar surface area (TPSA) is 182 Å². The SMILES string of the molecule is NC(CCC(=O)NC(=O)Oc1ccccc1C(=O)Oc1ccccc1C(=O)O)C(=O)O. The Morgan fingerprint density at radius 1 is 0.871 bits per heavy atom. The summed E-state index contributed by atoms with van der Waals surface area (Å²) in [7, 11) is 0. The Hall–Kier alpha value is -4.25. The van der Waals surface area contributed by atoms with Crippen molar-refractivity contribution in [2.75, 3.05) is 0 Å². The molecule has 5 N–H and O–H groups in total. The molecule has 0 radical (unpaired) electrons. The van der Waals surface area contributed by atoms with Gasteiger partial charge in [-0.05, 0) is 30.7 Å². The van der Waals surface area contributed by atoms with Gasteiger partial charge in [-0.1, -0.05) is 24.3 Å². The zero-order valence-corrected chi connectivity index (χ0v) is 15.9. The number of carbonyl (C=O) groups excluding carboxylic acids is 3. The fraction of sp³-hybridized carbons (Fsp3) is 0.150. The van der Waals surface area contributed by atoms with Gasteiger partial charge in [0.15, 0.2) is 0 Å². The fourth-order valence-electron chi connectivity index (χ4n) is 2.32. The van der Waals surface area contributed by atoms with Crippen molar-refractivity contribution in [3.63, 3.8) is 0 Å². The van der Waals surface area contributed by atoms with Crippen molar-refractivity contribution in [2.24, 2.45) is 5.73 Å². The lowest BCUT2D eigenvalue weighted by molar-refractivity contribution is -0.138. The van der Waals surface area contributed by atoms with Gasteiger partial charge in [-0.15, -0.1) is 0 Å². The first-order valence-corrected chi connectivity index (χ1v) is 8.82. The highest BCUT2D eigenvalue weighted by Crippen LogP contribution is 2.23. The Kier molecular flexibility index (Phi) is 7.81. The van der Waals surface area contributed by atoms with Crippen LogP contribution in [0.2, 0.25) is 0 Å². The minimum atomic E-state index is -1.30. The molecule has 0 aromatic heterocycles. The second-order valence-corrected chi connectivity index (χ2v) is 6.11. The first-order valence-electron chi connectivity index (χ1n) is 8.82. The minimum absolute atomic E-state index is 0.194. The quantitative estimate of drug-likeness (QED) is 0.353. The largest absolute Gasteiger partial charge is 0.480 e. The number of esters is 1. The highest BCUT2D eigenvalue weighted by molar-refractivity contribution is 5.98. The van der Waals surface area contributed by atoms with E-state index in [1.165, 1.54) is 48.5 Å². The second-order valence-electron chi connectivity index (χ2n) is 6.11. The van der Waals surface area contributed by atoms with Gasteiger partial charge in [0, 0.05) is 6.42 Å². The summed E-state index contributed by atoms with van der Waals surface area (Å²) < 4.78 is 10.1. The summed E-state index contributed by atoms with van der Waals surface area (Å²) in [5.74, 6) is -4.84. The van der Waals surface area contributed by atoms with Crippen molar-refractivity contribution in [1.82, 2.24) is 5.32 Å². The highest BCUT2D eigenvalue weighted by Gasteiger charge is 2.21. The number of ether oxygens (including phenoxy) is 2. The number of carboxylic acids is 2. The minimum Gasteiger partial charge on any atom is -0.480 e. The number of carbonyl (C=O) groups is 5. The third kappa shape index (κ3) is 6.65. The maximum atomic E-state index is 12.5. The van der Waals surface area contributed by atoms with Crippen LogP contribution in [0.4, 0.5) is 4.79 Å². The molecule has 0 aliphatic rings. The maximum Gasteiger partial charge on any atom is 0.419 e. The van der Waals surface area contributed by atoms with E-state index in [9.17, 15) is 29.1 Å². The molecule has 11 heteroatoms. The fourth-order valence-corrected chi connectivity index (χ4v) is 2.32. The first-order chi connectivity index (χ1) is 14.7. The van der Waals surface area contributed by atoms with Crippen LogP contribution in [0.3, 0.4) is 0 Å². The Morgan fingerprint density at radius 3 is 2.00 bits per heavy atom. The molecule has 2 aromatic carbocycles. The van der Waals surface area contributed by atoms with Gasteiger partial charge in [-0.3, -0.25) is 14.9 Å². The highest BCUT2D eigenvalue weighted by atomic mass is 16.6. The van der Waals surface area contributed by atoms with Crippen LogP contribution in [0.1, 0.15) is 33.6 Å². The summed E-state index contributed by atoms with van der Waals surface area (Å²) in [4.78, 5) is 58.0. The number of rotatable bonds is 8. The number of hydrogen-bond acceptors (Lipinski definition) is 8. The number of para-hydroxylation sites is 2. The summed E-state index contributed by atoms with van der Waals surface area (Å²) in [6, 6.07) is 9.69. The van der Waals surface area contributed by atoms with Crippen molar-refractivity contribution in [3.05, 3.63) is 59.7 Å². The molecular formula is C20H18N2O9. The number of carboxylic acid groups (broad SMARTS) is 2. The lowest BCUT2D eigenvalue weighted by atomic mass is 10.1. The molecule has 0 heterocycles. The molecule has 0 saturated carbocycles. The van der Waals surface area contributed by atoms with Crippen LogP contribution in [0, 0.1) is 0 Å². The number of nitrogens with two attached hydrogens (primary N) is 1. The third-order valence-electron chi connectivity index (χ3n) is 3.87. The van der Waals surface area contributed by atoms with Crippen LogP contribution in [0.5, 0.6) is 11.5 Å². The van der Waals surface area contributed by atoms with Crippen molar-refractivity contribution in [2.45, 2.75) is 18.9 Å². The molecule has 0 fully saturated rings. The van der Waals surface area contributed by atoms with E-state index in [1.807, 2.05) is 5.32 Å². The summed E-state index contributed by atoms with van der Waals surface area (Å²) in [5, 5.41) is 19.7. The van der Waals surface area contributed by atoms with Crippen LogP contribution in [0.15, 0.2) is 48.5 Å². The zero-order chi connectivity index (χ0) is 23.0. The van der Waals surface area contributed by atoms with E-state index in [0.29, 0.717) is 0 Å². The molecule has 0 aliphatic heterocycles. The molecule has 0 bridgehead atoms. The Morgan fingerprint density at radius 2 is 1.42 bits per heavy atom. The number of amides is 2. The van der Waals surface area contributed by atoms with E-state index in [1.54, 1.807) is 0 Å². The van der Waals surface area contributed by atoms with Crippen LogP contribution in [-0.2, 0) is 9.59 Å². The van der Waals surface area contributed by atoms with E-state index in [4.69, 9.17) is 20.3 Å². The van der Waals surface area contributed by atoms with Crippen LogP contribution < -0.4 is 20.5 Å². The number of aliphatic carboxylic acids is 1. The molecule has 1 atom stereocenters. The van der Waals surface area contributed by atoms with Gasteiger partial charge in [-0.2, -0.15) is 0 Å². The molecule has 31 heavy (non-hydrogen) atoms. The number of aromatic carboxylic acids is 1. The van der Waals surface area contributed by atoms with E-state index in [2.05, 4.69) is 0 Å². The summed E-state index contributed by atoms with van der Waals surface area (Å²) >= 11 is 0. The van der Waals surface area contributed by atoms with Gasteiger partial charge < -0.3 is 25.4 Å². The third-order valence-corrected chi connectivity index (χ3v) is 3.87. The number of benzene rings is 2. The van der Waals surface area contributed by atoms with Crippen LogP contribution in [0.25, 0.3) is 0 Å². The normalized spacial score (nSPS) is 11.1. The van der Waals surface area contributed by atoms with Gasteiger partial charge in [-0.25, -0.2) is 14.4 Å². The van der Waals surface area contributed by atoms with Crippen LogP contribution >= 0.6 is 0 Å². The summed E-state index contributed by atoms with van der Waals surface area (Å²) in [6.45, 7) is 0. The van der Waals surface area contributed by atoms with Crippen LogP contribution in [-0.4, -0.2) is 46.2 Å². The van der Waals surface area contributed by atoms with E-state index >= 15 is 0 Å². The van der Waals surface area contributed by atoms with Crippen molar-refractivity contribution < 1.29 is 43.7 Å². The van der Waals surface area contributed by atoms with Gasteiger partial charge >= 0.3 is 24.0 Å². The zero-order valence-electron chi connectivity index (χ0n) is 15.9. The van der Waals surface area contributed by atoms with Crippen molar-refractivity contribution in [3.8, 4) is 11.5 Å².